The summed E-state index contributed by atoms with van der Waals surface area (Å²) in [5, 5.41) is 13.9. The molecule has 0 aliphatic heterocycles. The van der Waals surface area contributed by atoms with Crippen LogP contribution in [-0.4, -0.2) is 20.4 Å². The van der Waals surface area contributed by atoms with Crippen LogP contribution >= 0.6 is 11.3 Å². The van der Waals surface area contributed by atoms with E-state index >= 15 is 0 Å². The molecule has 0 aliphatic rings. The molecule has 0 saturated heterocycles. The van der Waals surface area contributed by atoms with E-state index in [1.54, 1.807) is 13.0 Å². The molecule has 0 aliphatic carbocycles. The Morgan fingerprint density at radius 2 is 2.20 bits per heavy atom. The molecule has 1 aromatic carbocycles. The van der Waals surface area contributed by atoms with Crippen LogP contribution in [0.4, 0.5) is 11.4 Å². The monoisotopic (exact) mass is 358 g/mol. The molecule has 1 amide bonds. The molecule has 0 saturated carbocycles. The number of thiophene rings is 1. The van der Waals surface area contributed by atoms with Gasteiger partial charge in [0.15, 0.2) is 0 Å². The highest BCUT2D eigenvalue weighted by Crippen LogP contribution is 2.28. The number of nitro benzene ring substituents is 1. The van der Waals surface area contributed by atoms with Gasteiger partial charge in [-0.1, -0.05) is 6.07 Å². The normalized spacial score (nSPS) is 10.8. The zero-order valence-electron chi connectivity index (χ0n) is 13.5. The lowest BCUT2D eigenvalue weighted by molar-refractivity contribution is -0.384. The minimum Gasteiger partial charge on any atom is -0.321 e. The van der Waals surface area contributed by atoms with Gasteiger partial charge in [-0.25, -0.2) is 4.98 Å². The van der Waals surface area contributed by atoms with E-state index < -0.39 is 10.8 Å². The number of nitrogens with zero attached hydrogens (tertiary/aromatic N) is 3. The van der Waals surface area contributed by atoms with Gasteiger partial charge in [0.1, 0.15) is 4.83 Å². The van der Waals surface area contributed by atoms with Crippen molar-refractivity contribution in [3.63, 3.8) is 0 Å². The van der Waals surface area contributed by atoms with E-state index in [2.05, 4.69) is 10.3 Å². The summed E-state index contributed by atoms with van der Waals surface area (Å²) < 4.78 is 1.48. The maximum atomic E-state index is 12.5. The second kappa shape index (κ2) is 6.44. The van der Waals surface area contributed by atoms with E-state index in [1.165, 1.54) is 29.1 Å². The molecule has 2 heterocycles. The number of hydrogen-bond acceptors (Lipinski definition) is 6. The largest absolute Gasteiger partial charge is 0.321 e. The van der Waals surface area contributed by atoms with E-state index in [1.807, 2.05) is 6.92 Å². The van der Waals surface area contributed by atoms with Crippen LogP contribution in [0.2, 0.25) is 0 Å². The maximum absolute atomic E-state index is 12.5. The van der Waals surface area contributed by atoms with Crippen molar-refractivity contribution < 1.29 is 9.72 Å². The Bertz CT molecular complexity index is 1050. The summed E-state index contributed by atoms with van der Waals surface area (Å²) in [5.41, 5.74) is 0.576. The Kier molecular flexibility index (Phi) is 4.32. The minimum absolute atomic E-state index is 0.113. The fourth-order valence-corrected chi connectivity index (χ4v) is 3.52. The topological polar surface area (TPSA) is 107 Å². The number of rotatable bonds is 4. The molecule has 0 unspecified atom stereocenters. The second-order valence-electron chi connectivity index (χ2n) is 5.33. The lowest BCUT2D eigenvalue weighted by Crippen LogP contribution is -2.19. The zero-order valence-corrected chi connectivity index (χ0v) is 14.3. The van der Waals surface area contributed by atoms with Gasteiger partial charge in [0, 0.05) is 24.4 Å². The fourth-order valence-electron chi connectivity index (χ4n) is 2.49. The third-order valence-electron chi connectivity index (χ3n) is 3.78. The molecule has 8 nitrogen and oxygen atoms in total. The number of aromatic nitrogens is 2. The predicted octanol–water partition coefficient (Wildman–Crippen LogP) is 2.95. The minimum atomic E-state index is -0.530. The number of benzene rings is 1. The quantitative estimate of drug-likeness (QED) is 0.570. The Labute approximate surface area is 145 Å². The van der Waals surface area contributed by atoms with Crippen molar-refractivity contribution in [1.82, 2.24) is 9.55 Å². The number of nitrogens with one attached hydrogen (secondary N) is 1. The predicted molar refractivity (Wildman–Crippen MR) is 95.3 cm³/mol. The van der Waals surface area contributed by atoms with Gasteiger partial charge in [-0.3, -0.25) is 24.3 Å². The molecule has 0 fully saturated rings. The first-order chi connectivity index (χ1) is 11.9. The number of hydrogen-bond donors (Lipinski definition) is 1. The molecule has 9 heteroatoms. The van der Waals surface area contributed by atoms with Crippen molar-refractivity contribution in [1.29, 1.82) is 0 Å². The van der Waals surface area contributed by atoms with Gasteiger partial charge in [-0.2, -0.15) is 0 Å². The number of nitro groups is 1. The Morgan fingerprint density at radius 3 is 2.88 bits per heavy atom. The number of amides is 1. The summed E-state index contributed by atoms with van der Waals surface area (Å²) in [6, 6.07) is 5.68. The third-order valence-corrected chi connectivity index (χ3v) is 4.98. The van der Waals surface area contributed by atoms with E-state index in [-0.39, 0.29) is 11.2 Å². The Morgan fingerprint density at radius 1 is 1.44 bits per heavy atom. The van der Waals surface area contributed by atoms with Crippen molar-refractivity contribution in [2.45, 2.75) is 20.4 Å². The summed E-state index contributed by atoms with van der Waals surface area (Å²) in [4.78, 5) is 40.4. The van der Waals surface area contributed by atoms with Gasteiger partial charge in [-0.05, 0) is 25.5 Å². The summed E-state index contributed by atoms with van der Waals surface area (Å²) in [6.07, 6.45) is 1.46. The standard InChI is InChI=1S/C16H14N4O4S/c1-3-19-8-17-15-12(16(19)22)9(2)13(25-15)14(21)18-10-5-4-6-11(7-10)20(23)24/h4-8H,3H2,1-2H3,(H,18,21). The number of anilines is 1. The van der Waals surface area contributed by atoms with Crippen molar-refractivity contribution in [2.24, 2.45) is 0 Å². The zero-order chi connectivity index (χ0) is 18.1. The maximum Gasteiger partial charge on any atom is 0.271 e. The highest BCUT2D eigenvalue weighted by atomic mass is 32.1. The highest BCUT2D eigenvalue weighted by molar-refractivity contribution is 7.20. The van der Waals surface area contributed by atoms with Crippen molar-refractivity contribution >= 4 is 38.8 Å². The van der Waals surface area contributed by atoms with Crippen LogP contribution in [0.15, 0.2) is 35.4 Å². The SMILES string of the molecule is CCn1cnc2sc(C(=O)Nc3cccc([N+](=O)[O-])c3)c(C)c2c1=O. The molecule has 0 radical (unpaired) electrons. The fraction of sp³-hybridized carbons (Fsp3) is 0.188. The molecular formula is C16H14N4O4S. The van der Waals surface area contributed by atoms with Crippen molar-refractivity contribution in [3.05, 3.63) is 61.5 Å². The van der Waals surface area contributed by atoms with Gasteiger partial charge in [0.2, 0.25) is 0 Å². The average Bonchev–Trinajstić information content (AvgIpc) is 2.93. The van der Waals surface area contributed by atoms with Crippen molar-refractivity contribution in [3.8, 4) is 0 Å². The van der Waals surface area contributed by atoms with Crippen LogP contribution in [0, 0.1) is 17.0 Å². The van der Waals surface area contributed by atoms with E-state index in [0.717, 1.165) is 11.3 Å². The lowest BCUT2D eigenvalue weighted by Gasteiger charge is -2.04. The van der Waals surface area contributed by atoms with E-state index in [0.29, 0.717) is 32.9 Å². The summed E-state index contributed by atoms with van der Waals surface area (Å²) in [6.45, 7) is 4.03. The van der Waals surface area contributed by atoms with Crippen LogP contribution in [-0.2, 0) is 6.54 Å². The van der Waals surface area contributed by atoms with Gasteiger partial charge in [0.05, 0.1) is 21.5 Å². The van der Waals surface area contributed by atoms with Gasteiger partial charge in [-0.15, -0.1) is 11.3 Å². The first-order valence-corrected chi connectivity index (χ1v) is 8.28. The smallest absolute Gasteiger partial charge is 0.271 e. The van der Waals surface area contributed by atoms with Crippen LogP contribution in [0.1, 0.15) is 22.2 Å². The second-order valence-corrected chi connectivity index (χ2v) is 6.33. The highest BCUT2D eigenvalue weighted by Gasteiger charge is 2.20. The van der Waals surface area contributed by atoms with Crippen LogP contribution in [0.3, 0.4) is 0 Å². The van der Waals surface area contributed by atoms with E-state index in [9.17, 15) is 19.7 Å². The first kappa shape index (κ1) is 16.8. The molecule has 128 valence electrons. The van der Waals surface area contributed by atoms with Crippen LogP contribution in [0.25, 0.3) is 10.2 Å². The van der Waals surface area contributed by atoms with Gasteiger partial charge >= 0.3 is 0 Å². The average molecular weight is 358 g/mol. The molecule has 0 bridgehead atoms. The van der Waals surface area contributed by atoms with Crippen LogP contribution in [0.5, 0.6) is 0 Å². The van der Waals surface area contributed by atoms with E-state index in [4.69, 9.17) is 0 Å². The van der Waals surface area contributed by atoms with Gasteiger partial charge < -0.3 is 5.32 Å². The molecule has 25 heavy (non-hydrogen) atoms. The number of fused-ring (bicyclic) bond motifs is 1. The molecular weight excluding hydrogens is 344 g/mol. The molecule has 0 spiro atoms. The summed E-state index contributed by atoms with van der Waals surface area (Å²) in [7, 11) is 0. The van der Waals surface area contributed by atoms with Gasteiger partial charge in [0.25, 0.3) is 17.2 Å². The number of aryl methyl sites for hydroxylation is 2. The Balaban J connectivity index is 1.99. The molecule has 3 aromatic rings. The molecule has 3 rings (SSSR count). The first-order valence-electron chi connectivity index (χ1n) is 7.46. The lowest BCUT2D eigenvalue weighted by atomic mass is 10.2. The summed E-state index contributed by atoms with van der Waals surface area (Å²) in [5.74, 6) is -0.427. The summed E-state index contributed by atoms with van der Waals surface area (Å²) >= 11 is 1.12. The number of non-ortho nitro benzene ring substituents is 1. The molecule has 0 atom stereocenters. The Hall–Kier alpha value is -3.07. The third kappa shape index (κ3) is 3.01. The van der Waals surface area contributed by atoms with Crippen molar-refractivity contribution in [2.75, 3.05) is 5.32 Å². The number of carbonyl (C=O) groups excluding carboxylic acids is 1. The van der Waals surface area contributed by atoms with Crippen LogP contribution < -0.4 is 10.9 Å². The molecule has 1 N–H and O–H groups in total. The molecule has 2 aromatic heterocycles. The number of carbonyl (C=O) groups is 1.